The van der Waals surface area contributed by atoms with E-state index in [1.807, 2.05) is 102 Å². The summed E-state index contributed by atoms with van der Waals surface area (Å²) in [6.07, 6.45) is 0.695. The number of hydrogen-bond acceptors (Lipinski definition) is 3. The first-order valence-electron chi connectivity index (χ1n) is 10.9. The fourth-order valence-electron chi connectivity index (χ4n) is 4.40. The van der Waals surface area contributed by atoms with E-state index in [1.54, 1.807) is 0 Å². The molecule has 4 aromatic rings. The van der Waals surface area contributed by atoms with E-state index in [0.29, 0.717) is 12.0 Å². The van der Waals surface area contributed by atoms with Gasteiger partial charge in [0.15, 0.2) is 5.78 Å². The molecule has 2 atom stereocenters. The number of nitrogens with zero attached hydrogens (tertiary/aromatic N) is 2. The number of carbonyl (C=O) groups excluding carboxylic acids is 1. The van der Waals surface area contributed by atoms with E-state index < -0.39 is 6.04 Å². The molecule has 0 radical (unpaired) electrons. The van der Waals surface area contributed by atoms with E-state index in [2.05, 4.69) is 24.3 Å². The molecule has 0 aromatic heterocycles. The van der Waals surface area contributed by atoms with Crippen molar-refractivity contribution in [3.8, 4) is 0 Å². The molecular weight excluding hydrogens is 392 g/mol. The van der Waals surface area contributed by atoms with Crippen LogP contribution in [0.2, 0.25) is 0 Å². The molecule has 0 aliphatic carbocycles. The Balaban J connectivity index is 1.69. The third-order valence-corrected chi connectivity index (χ3v) is 5.97. The number of anilines is 1. The molecule has 0 saturated heterocycles. The monoisotopic (exact) mass is 416 g/mol. The van der Waals surface area contributed by atoms with Gasteiger partial charge in [-0.15, -0.1) is 0 Å². The van der Waals surface area contributed by atoms with Crippen LogP contribution in [0.1, 0.15) is 33.8 Å². The molecule has 1 aliphatic heterocycles. The van der Waals surface area contributed by atoms with Crippen LogP contribution in [0, 0.1) is 0 Å². The molecule has 1 heterocycles. The first-order chi connectivity index (χ1) is 15.8. The summed E-state index contributed by atoms with van der Waals surface area (Å²) in [7, 11) is 0. The molecule has 0 N–H and O–H groups in total. The molecule has 0 saturated carbocycles. The van der Waals surface area contributed by atoms with Crippen molar-refractivity contribution in [2.45, 2.75) is 18.4 Å². The smallest absolute Gasteiger partial charge is 0.188 e. The fourth-order valence-corrected chi connectivity index (χ4v) is 4.40. The van der Waals surface area contributed by atoms with Gasteiger partial charge in [-0.2, -0.15) is 5.10 Å². The predicted molar refractivity (Wildman–Crippen MR) is 130 cm³/mol. The molecule has 5 rings (SSSR count). The molecule has 4 aromatic carbocycles. The minimum Gasteiger partial charge on any atom is -0.292 e. The topological polar surface area (TPSA) is 32.7 Å². The van der Waals surface area contributed by atoms with Gasteiger partial charge in [-0.1, -0.05) is 109 Å². The number of ketones is 1. The lowest BCUT2D eigenvalue weighted by molar-refractivity contribution is 0.0942. The van der Waals surface area contributed by atoms with Gasteiger partial charge in [-0.25, -0.2) is 0 Å². The molecule has 0 spiro atoms. The van der Waals surface area contributed by atoms with Crippen LogP contribution in [0.4, 0.5) is 5.69 Å². The van der Waals surface area contributed by atoms with Crippen LogP contribution in [0.5, 0.6) is 0 Å². The van der Waals surface area contributed by atoms with Crippen LogP contribution >= 0.6 is 0 Å². The SMILES string of the molecule is O=C(c1ccccc1)C1C(c2ccccc2)CC(c2ccccc2)=NN1c1ccccc1. The molecule has 32 heavy (non-hydrogen) atoms. The summed E-state index contributed by atoms with van der Waals surface area (Å²) in [5.74, 6) is 0.0518. The standard InChI is InChI=1S/C29H24N2O/c32-29(24-17-9-3-10-18-24)28-26(22-13-5-1-6-14-22)21-27(23-15-7-2-8-16-23)30-31(28)25-19-11-4-12-20-25/h1-20,26,28H,21H2. The molecule has 0 amide bonds. The van der Waals surface area contributed by atoms with Gasteiger partial charge < -0.3 is 0 Å². The van der Waals surface area contributed by atoms with Gasteiger partial charge in [0.1, 0.15) is 6.04 Å². The number of para-hydroxylation sites is 1. The zero-order chi connectivity index (χ0) is 21.8. The van der Waals surface area contributed by atoms with Crippen LogP contribution in [0.25, 0.3) is 0 Å². The third kappa shape index (κ3) is 3.97. The van der Waals surface area contributed by atoms with E-state index >= 15 is 0 Å². The summed E-state index contributed by atoms with van der Waals surface area (Å²) in [4.78, 5) is 13.9. The van der Waals surface area contributed by atoms with Crippen molar-refractivity contribution < 1.29 is 4.79 Å². The Kier molecular flexibility index (Phi) is 5.63. The van der Waals surface area contributed by atoms with E-state index in [4.69, 9.17) is 5.10 Å². The van der Waals surface area contributed by atoms with Gasteiger partial charge in [0.05, 0.1) is 11.4 Å². The molecular formula is C29H24N2O. The largest absolute Gasteiger partial charge is 0.292 e. The van der Waals surface area contributed by atoms with E-state index in [9.17, 15) is 4.79 Å². The van der Waals surface area contributed by atoms with Gasteiger partial charge >= 0.3 is 0 Å². The number of carbonyl (C=O) groups is 1. The number of Topliss-reactive ketones (excluding diaryl/α,β-unsaturated/α-hetero) is 1. The van der Waals surface area contributed by atoms with Crippen LogP contribution in [0.3, 0.4) is 0 Å². The number of hydrazone groups is 1. The van der Waals surface area contributed by atoms with E-state index in [0.717, 1.165) is 22.5 Å². The van der Waals surface area contributed by atoms with Crippen molar-refractivity contribution >= 4 is 17.2 Å². The quantitative estimate of drug-likeness (QED) is 0.356. The second-order valence-corrected chi connectivity index (χ2v) is 7.99. The minimum atomic E-state index is -0.435. The maximum atomic E-state index is 13.9. The van der Waals surface area contributed by atoms with E-state index in [1.165, 1.54) is 0 Å². The Morgan fingerprint density at radius 1 is 0.688 bits per heavy atom. The summed E-state index contributed by atoms with van der Waals surface area (Å²) in [5, 5.41) is 6.98. The second-order valence-electron chi connectivity index (χ2n) is 7.99. The van der Waals surface area contributed by atoms with Crippen molar-refractivity contribution in [2.24, 2.45) is 5.10 Å². The number of benzene rings is 4. The Labute approximate surface area is 188 Å². The van der Waals surface area contributed by atoms with Crippen LogP contribution in [0.15, 0.2) is 126 Å². The lowest BCUT2D eigenvalue weighted by Gasteiger charge is -2.39. The first kappa shape index (κ1) is 20.0. The lowest BCUT2D eigenvalue weighted by Crippen LogP contribution is -2.47. The minimum absolute atomic E-state index is 0.0307. The Morgan fingerprint density at radius 2 is 1.22 bits per heavy atom. The fraction of sp³-hybridized carbons (Fsp3) is 0.103. The van der Waals surface area contributed by atoms with Gasteiger partial charge in [-0.3, -0.25) is 9.80 Å². The average Bonchev–Trinajstić information content (AvgIpc) is 2.89. The normalized spacial score (nSPS) is 18.1. The molecule has 0 bridgehead atoms. The van der Waals surface area contributed by atoms with Crippen molar-refractivity contribution in [2.75, 3.05) is 5.01 Å². The Bertz CT molecular complexity index is 1210. The highest BCUT2D eigenvalue weighted by Gasteiger charge is 2.40. The predicted octanol–water partition coefficient (Wildman–Crippen LogP) is 6.34. The summed E-state index contributed by atoms with van der Waals surface area (Å²) < 4.78 is 0. The molecule has 0 fully saturated rings. The Morgan fingerprint density at radius 3 is 1.84 bits per heavy atom. The van der Waals surface area contributed by atoms with Gasteiger partial charge in [0.2, 0.25) is 0 Å². The molecule has 1 aliphatic rings. The lowest BCUT2D eigenvalue weighted by atomic mass is 9.80. The molecule has 156 valence electrons. The van der Waals surface area contributed by atoms with Crippen molar-refractivity contribution in [1.82, 2.24) is 0 Å². The maximum Gasteiger partial charge on any atom is 0.188 e. The third-order valence-electron chi connectivity index (χ3n) is 5.97. The van der Waals surface area contributed by atoms with Gasteiger partial charge in [0, 0.05) is 17.9 Å². The van der Waals surface area contributed by atoms with Crippen molar-refractivity contribution in [1.29, 1.82) is 0 Å². The Hall–Kier alpha value is -3.98. The summed E-state index contributed by atoms with van der Waals surface area (Å²) in [5.41, 5.74) is 4.83. The highest BCUT2D eigenvalue weighted by atomic mass is 16.1. The van der Waals surface area contributed by atoms with E-state index in [-0.39, 0.29) is 11.7 Å². The van der Waals surface area contributed by atoms with Gasteiger partial charge in [0.25, 0.3) is 0 Å². The summed E-state index contributed by atoms with van der Waals surface area (Å²) in [6.45, 7) is 0. The summed E-state index contributed by atoms with van der Waals surface area (Å²) in [6, 6.07) is 39.7. The van der Waals surface area contributed by atoms with Crippen LogP contribution in [-0.2, 0) is 0 Å². The number of hydrogen-bond donors (Lipinski definition) is 0. The van der Waals surface area contributed by atoms with Crippen molar-refractivity contribution in [3.63, 3.8) is 0 Å². The zero-order valence-corrected chi connectivity index (χ0v) is 17.7. The number of rotatable bonds is 5. The highest BCUT2D eigenvalue weighted by Crippen LogP contribution is 2.37. The van der Waals surface area contributed by atoms with Crippen molar-refractivity contribution in [3.05, 3.63) is 138 Å². The van der Waals surface area contributed by atoms with Gasteiger partial charge in [-0.05, 0) is 23.3 Å². The molecule has 2 unspecified atom stereocenters. The zero-order valence-electron chi connectivity index (χ0n) is 17.7. The van der Waals surface area contributed by atoms with Crippen LogP contribution < -0.4 is 5.01 Å². The maximum absolute atomic E-state index is 13.9. The molecule has 3 nitrogen and oxygen atoms in total. The molecule has 3 heteroatoms. The average molecular weight is 417 g/mol. The second kappa shape index (κ2) is 9.03. The first-order valence-corrected chi connectivity index (χ1v) is 10.9. The summed E-state index contributed by atoms with van der Waals surface area (Å²) >= 11 is 0. The highest BCUT2D eigenvalue weighted by molar-refractivity contribution is 6.07. The van der Waals surface area contributed by atoms with Crippen LogP contribution in [-0.4, -0.2) is 17.5 Å².